The van der Waals surface area contributed by atoms with Gasteiger partial charge in [-0.1, -0.05) is 11.6 Å². The first kappa shape index (κ1) is 22.0. The van der Waals surface area contributed by atoms with Crippen LogP contribution < -0.4 is 15.4 Å². The van der Waals surface area contributed by atoms with Crippen LogP contribution in [0.2, 0.25) is 5.02 Å². The summed E-state index contributed by atoms with van der Waals surface area (Å²) in [6.07, 6.45) is 2.71. The van der Waals surface area contributed by atoms with Gasteiger partial charge in [-0.05, 0) is 18.2 Å². The number of amides is 2. The Kier molecular flexibility index (Phi) is 7.84. The first-order valence-corrected chi connectivity index (χ1v) is 8.83. The summed E-state index contributed by atoms with van der Waals surface area (Å²) >= 11 is 5.95. The van der Waals surface area contributed by atoms with Crippen LogP contribution in [0.1, 0.15) is 18.9 Å². The molecular formula is C18H21ClN4O6. The van der Waals surface area contributed by atoms with E-state index in [2.05, 4.69) is 25.2 Å². The number of ether oxygens (including phenoxy) is 3. The molecule has 29 heavy (non-hydrogen) atoms. The largest absolute Gasteiger partial charge is 0.495 e. The van der Waals surface area contributed by atoms with Crippen LogP contribution in [0.25, 0.3) is 0 Å². The Morgan fingerprint density at radius 1 is 1.10 bits per heavy atom. The predicted molar refractivity (Wildman–Crippen MR) is 105 cm³/mol. The average molecular weight is 425 g/mol. The first-order chi connectivity index (χ1) is 13.9. The van der Waals surface area contributed by atoms with Gasteiger partial charge in [-0.25, -0.2) is 4.79 Å². The molecule has 2 aromatic rings. The summed E-state index contributed by atoms with van der Waals surface area (Å²) in [7, 11) is 3.98. The maximum Gasteiger partial charge on any atom is 0.323 e. The van der Waals surface area contributed by atoms with E-state index in [1.54, 1.807) is 18.2 Å². The van der Waals surface area contributed by atoms with Gasteiger partial charge in [0.2, 0.25) is 0 Å². The fourth-order valence-corrected chi connectivity index (χ4v) is 2.65. The van der Waals surface area contributed by atoms with E-state index in [0.29, 0.717) is 22.1 Å². The number of carbonyl (C=O) groups is 3. The highest BCUT2D eigenvalue weighted by Gasteiger charge is 2.22. The molecule has 0 aliphatic carbocycles. The van der Waals surface area contributed by atoms with Gasteiger partial charge in [-0.3, -0.25) is 14.3 Å². The van der Waals surface area contributed by atoms with E-state index in [1.807, 2.05) is 0 Å². The van der Waals surface area contributed by atoms with Gasteiger partial charge in [0.15, 0.2) is 0 Å². The number of nitrogens with zero attached hydrogens (tertiary/aromatic N) is 2. The lowest BCUT2D eigenvalue weighted by atomic mass is 10.1. The SMILES string of the molecule is COC(=O)CC(CC(=O)OC)n1cc(NC(=O)Nc2cc(Cl)ccc2OC)cn1. The summed E-state index contributed by atoms with van der Waals surface area (Å²) in [6, 6.07) is 3.63. The highest BCUT2D eigenvalue weighted by molar-refractivity contribution is 6.31. The third kappa shape index (κ3) is 6.39. The standard InChI is InChI=1S/C18H21ClN4O6/c1-27-15-5-4-11(19)6-14(15)22-18(26)21-12-9-20-23(10-12)13(7-16(24)28-2)8-17(25)29-3/h4-6,9-10,13H,7-8H2,1-3H3,(H2,21,22,26). The van der Waals surface area contributed by atoms with E-state index in [1.165, 1.54) is 38.4 Å². The zero-order valence-electron chi connectivity index (χ0n) is 16.1. The second-order valence-electron chi connectivity index (χ2n) is 5.85. The topological polar surface area (TPSA) is 121 Å². The molecule has 11 heteroatoms. The molecule has 0 saturated carbocycles. The van der Waals surface area contributed by atoms with Crippen molar-refractivity contribution in [2.75, 3.05) is 32.0 Å². The number of hydrogen-bond acceptors (Lipinski definition) is 7. The monoisotopic (exact) mass is 424 g/mol. The Morgan fingerprint density at radius 3 is 2.34 bits per heavy atom. The van der Waals surface area contributed by atoms with Crippen molar-refractivity contribution in [2.24, 2.45) is 0 Å². The number of nitrogens with one attached hydrogen (secondary N) is 2. The van der Waals surface area contributed by atoms with Crippen molar-refractivity contribution in [1.82, 2.24) is 9.78 Å². The molecule has 2 amide bonds. The Hall–Kier alpha value is -3.27. The van der Waals surface area contributed by atoms with Crippen molar-refractivity contribution in [3.05, 3.63) is 35.6 Å². The molecule has 0 bridgehead atoms. The Bertz CT molecular complexity index is 867. The van der Waals surface area contributed by atoms with Crippen LogP contribution in [0.15, 0.2) is 30.6 Å². The number of esters is 2. The zero-order chi connectivity index (χ0) is 21.4. The number of benzene rings is 1. The highest BCUT2D eigenvalue weighted by Crippen LogP contribution is 2.28. The fraction of sp³-hybridized carbons (Fsp3) is 0.333. The normalized spacial score (nSPS) is 10.4. The molecule has 0 aliphatic rings. The molecule has 0 saturated heterocycles. The molecule has 156 valence electrons. The average Bonchev–Trinajstić information content (AvgIpc) is 3.15. The molecule has 0 atom stereocenters. The maximum absolute atomic E-state index is 12.3. The van der Waals surface area contributed by atoms with Crippen LogP contribution >= 0.6 is 11.6 Å². The van der Waals surface area contributed by atoms with Gasteiger partial charge >= 0.3 is 18.0 Å². The van der Waals surface area contributed by atoms with Gasteiger partial charge in [-0.15, -0.1) is 0 Å². The highest BCUT2D eigenvalue weighted by atomic mass is 35.5. The summed E-state index contributed by atoms with van der Waals surface area (Å²) in [5.41, 5.74) is 0.738. The number of carbonyl (C=O) groups excluding carboxylic acids is 3. The van der Waals surface area contributed by atoms with Crippen LogP contribution in [0.5, 0.6) is 5.75 Å². The molecular weight excluding hydrogens is 404 g/mol. The van der Waals surface area contributed by atoms with Gasteiger partial charge in [0, 0.05) is 11.2 Å². The third-order valence-corrected chi connectivity index (χ3v) is 4.14. The lowest BCUT2D eigenvalue weighted by Crippen LogP contribution is -2.20. The molecule has 0 radical (unpaired) electrons. The molecule has 0 aliphatic heterocycles. The number of rotatable bonds is 8. The first-order valence-electron chi connectivity index (χ1n) is 8.45. The van der Waals surface area contributed by atoms with Gasteiger partial charge < -0.3 is 24.8 Å². The number of urea groups is 1. The molecule has 0 spiro atoms. The number of anilines is 2. The zero-order valence-corrected chi connectivity index (χ0v) is 16.9. The lowest BCUT2D eigenvalue weighted by molar-refractivity contribution is -0.144. The van der Waals surface area contributed by atoms with Gasteiger partial charge in [0.1, 0.15) is 5.75 Å². The van der Waals surface area contributed by atoms with Crippen LogP contribution in [0, 0.1) is 0 Å². The van der Waals surface area contributed by atoms with Crippen molar-refractivity contribution < 1.29 is 28.6 Å². The van der Waals surface area contributed by atoms with Crippen LogP contribution in [0.4, 0.5) is 16.2 Å². The Morgan fingerprint density at radius 2 is 1.76 bits per heavy atom. The summed E-state index contributed by atoms with van der Waals surface area (Å²) in [4.78, 5) is 35.5. The number of aromatic nitrogens is 2. The molecule has 10 nitrogen and oxygen atoms in total. The van der Waals surface area contributed by atoms with Gasteiger partial charge in [0.05, 0.1) is 57.8 Å². The summed E-state index contributed by atoms with van der Waals surface area (Å²) in [5, 5.41) is 9.78. The molecule has 2 N–H and O–H groups in total. The predicted octanol–water partition coefficient (Wildman–Crippen LogP) is 2.86. The van der Waals surface area contributed by atoms with Gasteiger partial charge in [0.25, 0.3) is 0 Å². The molecule has 2 rings (SSSR count). The van der Waals surface area contributed by atoms with E-state index in [9.17, 15) is 14.4 Å². The van der Waals surface area contributed by atoms with Crippen LogP contribution in [-0.4, -0.2) is 49.1 Å². The second kappa shape index (κ2) is 10.3. The van der Waals surface area contributed by atoms with E-state index in [-0.39, 0.29) is 12.8 Å². The number of methoxy groups -OCH3 is 3. The van der Waals surface area contributed by atoms with Gasteiger partial charge in [-0.2, -0.15) is 5.10 Å². The number of hydrogen-bond donors (Lipinski definition) is 2. The molecule has 0 fully saturated rings. The smallest absolute Gasteiger partial charge is 0.323 e. The Labute approximate surface area is 172 Å². The summed E-state index contributed by atoms with van der Waals surface area (Å²) < 4.78 is 15.9. The van der Waals surface area contributed by atoms with E-state index >= 15 is 0 Å². The summed E-state index contributed by atoms with van der Waals surface area (Å²) in [6.45, 7) is 0. The molecule has 1 heterocycles. The molecule has 1 aromatic carbocycles. The minimum absolute atomic E-state index is 0.0847. The van der Waals surface area contributed by atoms with Crippen molar-refractivity contribution in [2.45, 2.75) is 18.9 Å². The van der Waals surface area contributed by atoms with Crippen molar-refractivity contribution >= 4 is 40.9 Å². The molecule has 1 aromatic heterocycles. The second-order valence-corrected chi connectivity index (χ2v) is 6.28. The quantitative estimate of drug-likeness (QED) is 0.625. The fourth-order valence-electron chi connectivity index (χ4n) is 2.48. The van der Waals surface area contributed by atoms with E-state index < -0.39 is 24.0 Å². The van der Waals surface area contributed by atoms with Crippen LogP contribution in [-0.2, 0) is 19.1 Å². The van der Waals surface area contributed by atoms with Crippen LogP contribution in [0.3, 0.4) is 0 Å². The van der Waals surface area contributed by atoms with Crippen molar-refractivity contribution in [3.8, 4) is 5.75 Å². The Balaban J connectivity index is 2.09. The summed E-state index contributed by atoms with van der Waals surface area (Å²) in [5.74, 6) is -0.569. The van der Waals surface area contributed by atoms with E-state index in [4.69, 9.17) is 16.3 Å². The maximum atomic E-state index is 12.3. The minimum atomic E-state index is -0.624. The molecule has 0 unspecified atom stereocenters. The minimum Gasteiger partial charge on any atom is -0.495 e. The third-order valence-electron chi connectivity index (χ3n) is 3.90. The lowest BCUT2D eigenvalue weighted by Gasteiger charge is -2.15. The van der Waals surface area contributed by atoms with Crippen molar-refractivity contribution in [3.63, 3.8) is 0 Å². The van der Waals surface area contributed by atoms with Crippen molar-refractivity contribution in [1.29, 1.82) is 0 Å². The number of halogens is 1. The van der Waals surface area contributed by atoms with E-state index in [0.717, 1.165) is 0 Å².